The van der Waals surface area contributed by atoms with Gasteiger partial charge in [-0.3, -0.25) is 0 Å². The predicted octanol–water partition coefficient (Wildman–Crippen LogP) is 8.00. The quantitative estimate of drug-likeness (QED) is 0.183. The fourth-order valence-electron chi connectivity index (χ4n) is 4.22. The van der Waals surface area contributed by atoms with Crippen molar-refractivity contribution >= 4 is 22.6 Å². The zero-order valence-corrected chi connectivity index (χ0v) is 21.9. The molecule has 0 heterocycles. The maximum absolute atomic E-state index is 6.25. The molecular weight excluding hydrogens is 438 g/mol. The van der Waals surface area contributed by atoms with E-state index in [1.54, 1.807) is 0 Å². The summed E-state index contributed by atoms with van der Waals surface area (Å²) in [6.45, 7) is 14.7. The number of rotatable bonds is 12. The molecule has 3 heteroatoms. The Hall–Kier alpha value is -3.98. The molecule has 0 aliphatic rings. The summed E-state index contributed by atoms with van der Waals surface area (Å²) in [5.41, 5.74) is 15.6. The van der Waals surface area contributed by atoms with Crippen LogP contribution in [-0.4, -0.2) is 6.04 Å². The molecule has 4 N–H and O–H groups in total. The van der Waals surface area contributed by atoms with Crippen LogP contribution >= 0.6 is 0 Å². The second-order valence-electron chi connectivity index (χ2n) is 9.19. The zero-order chi connectivity index (χ0) is 25.9. The first-order valence-corrected chi connectivity index (χ1v) is 12.6. The summed E-state index contributed by atoms with van der Waals surface area (Å²) in [4.78, 5) is 0. The van der Waals surface area contributed by atoms with Gasteiger partial charge in [0.05, 0.1) is 11.4 Å². The summed E-state index contributed by atoms with van der Waals surface area (Å²) in [6, 6.07) is 25.4. The number of hydrogen-bond acceptors (Lipinski definition) is 3. The third kappa shape index (κ3) is 7.78. The van der Waals surface area contributed by atoms with E-state index >= 15 is 0 Å². The van der Waals surface area contributed by atoms with Gasteiger partial charge in [0.25, 0.3) is 0 Å². The normalized spacial score (nSPS) is 12.4. The highest BCUT2D eigenvalue weighted by Gasteiger charge is 2.08. The number of nitrogen functional groups attached to an aromatic ring is 1. The molecule has 0 amide bonds. The molecule has 0 spiro atoms. The molecule has 3 nitrogen and oxygen atoms in total. The SMILES string of the molecule is C=C(CCc1ccccc1)NC(C)Cc1ccc(C(=C)Nc2cc(C(/C=C\C)=C/C)ccc2N)cc1. The minimum absolute atomic E-state index is 0.306. The highest BCUT2D eigenvalue weighted by atomic mass is 14.9. The van der Waals surface area contributed by atoms with Gasteiger partial charge in [0.15, 0.2) is 0 Å². The topological polar surface area (TPSA) is 50.1 Å². The van der Waals surface area contributed by atoms with Gasteiger partial charge < -0.3 is 16.4 Å². The molecule has 0 aromatic heterocycles. The third-order valence-electron chi connectivity index (χ3n) is 6.18. The average molecular weight is 478 g/mol. The Morgan fingerprint density at radius 2 is 1.61 bits per heavy atom. The predicted molar refractivity (Wildman–Crippen MR) is 159 cm³/mol. The molecule has 36 heavy (non-hydrogen) atoms. The van der Waals surface area contributed by atoms with Gasteiger partial charge in [-0.05, 0) is 80.0 Å². The van der Waals surface area contributed by atoms with Crippen LogP contribution in [0.25, 0.3) is 11.3 Å². The number of nitrogens with one attached hydrogen (secondary N) is 2. The average Bonchev–Trinajstić information content (AvgIpc) is 2.88. The monoisotopic (exact) mass is 477 g/mol. The van der Waals surface area contributed by atoms with Gasteiger partial charge in [-0.2, -0.15) is 0 Å². The highest BCUT2D eigenvalue weighted by Crippen LogP contribution is 2.28. The summed E-state index contributed by atoms with van der Waals surface area (Å²) in [6.07, 6.45) is 9.09. The van der Waals surface area contributed by atoms with Crippen LogP contribution in [0.5, 0.6) is 0 Å². The molecule has 0 aliphatic heterocycles. The Kier molecular flexibility index (Phi) is 9.76. The van der Waals surface area contributed by atoms with Crippen LogP contribution in [-0.2, 0) is 12.8 Å². The van der Waals surface area contributed by atoms with Gasteiger partial charge in [0.2, 0.25) is 0 Å². The number of hydrogen-bond donors (Lipinski definition) is 3. The third-order valence-corrected chi connectivity index (χ3v) is 6.18. The summed E-state index contributed by atoms with van der Waals surface area (Å²) >= 11 is 0. The highest BCUT2D eigenvalue weighted by molar-refractivity contribution is 5.85. The first kappa shape index (κ1) is 26.6. The first-order valence-electron chi connectivity index (χ1n) is 12.6. The molecule has 186 valence electrons. The van der Waals surface area contributed by atoms with E-state index in [1.807, 2.05) is 38.1 Å². The van der Waals surface area contributed by atoms with Crippen LogP contribution in [0.2, 0.25) is 0 Å². The fraction of sp³-hybridized carbons (Fsp3) is 0.212. The Balaban J connectivity index is 1.55. The van der Waals surface area contributed by atoms with Gasteiger partial charge >= 0.3 is 0 Å². The van der Waals surface area contributed by atoms with Crippen LogP contribution in [0.15, 0.2) is 110 Å². The lowest BCUT2D eigenvalue weighted by molar-refractivity contribution is 0.593. The molecule has 0 aliphatic carbocycles. The van der Waals surface area contributed by atoms with E-state index in [-0.39, 0.29) is 0 Å². The molecule has 0 bridgehead atoms. The van der Waals surface area contributed by atoms with E-state index in [2.05, 4.69) is 97.5 Å². The molecule has 0 saturated carbocycles. The van der Waals surface area contributed by atoms with E-state index in [0.717, 1.165) is 53.0 Å². The van der Waals surface area contributed by atoms with Crippen molar-refractivity contribution in [2.24, 2.45) is 0 Å². The Labute approximate surface area is 217 Å². The van der Waals surface area contributed by atoms with Gasteiger partial charge in [-0.1, -0.05) is 92.0 Å². The summed E-state index contributed by atoms with van der Waals surface area (Å²) in [5.74, 6) is 0. The van der Waals surface area contributed by atoms with Gasteiger partial charge in [-0.25, -0.2) is 0 Å². The second-order valence-corrected chi connectivity index (χ2v) is 9.19. The van der Waals surface area contributed by atoms with E-state index in [0.29, 0.717) is 11.7 Å². The molecule has 0 saturated heterocycles. The van der Waals surface area contributed by atoms with Crippen LogP contribution in [0.1, 0.15) is 49.4 Å². The Morgan fingerprint density at radius 3 is 2.28 bits per heavy atom. The lowest BCUT2D eigenvalue weighted by Crippen LogP contribution is -2.27. The van der Waals surface area contributed by atoms with Crippen LogP contribution in [0.3, 0.4) is 0 Å². The van der Waals surface area contributed by atoms with Crippen LogP contribution < -0.4 is 16.4 Å². The zero-order valence-electron chi connectivity index (χ0n) is 21.9. The number of nitrogens with two attached hydrogens (primary N) is 1. The van der Waals surface area contributed by atoms with E-state index in [4.69, 9.17) is 5.73 Å². The number of aryl methyl sites for hydroxylation is 1. The fourth-order valence-corrected chi connectivity index (χ4v) is 4.22. The molecule has 3 aromatic rings. The maximum Gasteiger partial charge on any atom is 0.0624 e. The van der Waals surface area contributed by atoms with Crippen molar-refractivity contribution in [2.45, 2.75) is 46.1 Å². The lowest BCUT2D eigenvalue weighted by atomic mass is 10.0. The molecule has 3 rings (SSSR count). The standard InChI is InChI=1S/C33H39N3/c1-6-11-29(7-2)31-20-21-32(34)33(23-31)36-26(5)30-18-16-28(17-19-30)22-25(4)35-24(3)14-15-27-12-9-8-10-13-27/h6-13,16-21,23,25,35-36H,3,5,14-15,22,34H2,1-2,4H3/b11-6-,29-7+. The molecule has 1 atom stereocenters. The van der Waals surface area contributed by atoms with Crippen molar-refractivity contribution in [3.63, 3.8) is 0 Å². The maximum atomic E-state index is 6.25. The van der Waals surface area contributed by atoms with Crippen LogP contribution in [0.4, 0.5) is 11.4 Å². The smallest absolute Gasteiger partial charge is 0.0624 e. The van der Waals surface area contributed by atoms with Gasteiger partial charge in [-0.15, -0.1) is 0 Å². The molecule has 0 radical (unpaired) electrons. The minimum atomic E-state index is 0.306. The van der Waals surface area contributed by atoms with E-state index in [1.165, 1.54) is 11.1 Å². The molecule has 1 unspecified atom stereocenters. The van der Waals surface area contributed by atoms with Crippen molar-refractivity contribution < 1.29 is 0 Å². The van der Waals surface area contributed by atoms with E-state index < -0.39 is 0 Å². The van der Waals surface area contributed by atoms with Crippen molar-refractivity contribution in [1.82, 2.24) is 5.32 Å². The second kappa shape index (κ2) is 13.2. The van der Waals surface area contributed by atoms with Crippen molar-refractivity contribution in [2.75, 3.05) is 11.1 Å². The van der Waals surface area contributed by atoms with Gasteiger partial charge in [0.1, 0.15) is 0 Å². The summed E-state index contributed by atoms with van der Waals surface area (Å²) in [5, 5.41) is 6.96. The van der Waals surface area contributed by atoms with Crippen LogP contribution in [0, 0.1) is 0 Å². The number of benzene rings is 3. The molecule has 0 fully saturated rings. The van der Waals surface area contributed by atoms with Crippen molar-refractivity contribution in [3.8, 4) is 0 Å². The lowest BCUT2D eigenvalue weighted by Gasteiger charge is -2.18. The Morgan fingerprint density at radius 1 is 0.917 bits per heavy atom. The van der Waals surface area contributed by atoms with Gasteiger partial charge in [0, 0.05) is 17.4 Å². The number of allylic oxidation sites excluding steroid dienone is 5. The summed E-state index contributed by atoms with van der Waals surface area (Å²) in [7, 11) is 0. The minimum Gasteiger partial charge on any atom is -0.397 e. The van der Waals surface area contributed by atoms with Crippen molar-refractivity contribution in [1.29, 1.82) is 0 Å². The van der Waals surface area contributed by atoms with Crippen molar-refractivity contribution in [3.05, 3.63) is 132 Å². The molecular formula is C33H39N3. The summed E-state index contributed by atoms with van der Waals surface area (Å²) < 4.78 is 0. The number of anilines is 2. The molecule has 3 aromatic carbocycles. The first-order chi connectivity index (χ1) is 17.4. The van der Waals surface area contributed by atoms with E-state index in [9.17, 15) is 0 Å². The largest absolute Gasteiger partial charge is 0.397 e. The Bertz CT molecular complexity index is 1220.